The van der Waals surface area contributed by atoms with Gasteiger partial charge < -0.3 is 0 Å². The SMILES string of the molecule is C1=CCC=C2CC=CCC2=C1.CC.CC. The molecule has 0 heterocycles. The Balaban J connectivity index is 0.000000442. The second-order valence-corrected chi connectivity index (χ2v) is 2.96. The molecule has 0 saturated heterocycles. The zero-order valence-corrected chi connectivity index (χ0v) is 10.6. The minimum Gasteiger partial charge on any atom is -0.0838 e. The van der Waals surface area contributed by atoms with E-state index in [-0.39, 0.29) is 0 Å². The predicted molar refractivity (Wildman–Crippen MR) is 71.0 cm³/mol. The molecule has 0 atom stereocenters. The molecule has 0 spiro atoms. The van der Waals surface area contributed by atoms with Gasteiger partial charge in [-0.15, -0.1) is 0 Å². The first-order valence-electron chi connectivity index (χ1n) is 6.17. The van der Waals surface area contributed by atoms with Crippen LogP contribution in [0.25, 0.3) is 0 Å². The first-order valence-corrected chi connectivity index (χ1v) is 6.17. The number of hydrogen-bond acceptors (Lipinski definition) is 0. The van der Waals surface area contributed by atoms with Crippen LogP contribution in [0.3, 0.4) is 0 Å². The van der Waals surface area contributed by atoms with E-state index < -0.39 is 0 Å². The minimum absolute atomic E-state index is 1.10. The standard InChI is InChI=1S/C11H12.2C2H6/c1-2-6-10-8-4-5-9-11(10)7-3-1;2*1-2/h1-2,4-7H,3,8-9H2;2*1-2H3. The minimum atomic E-state index is 1.10. The summed E-state index contributed by atoms with van der Waals surface area (Å²) in [6.45, 7) is 8.00. The molecule has 2 aliphatic carbocycles. The van der Waals surface area contributed by atoms with Crippen LogP contribution in [0.1, 0.15) is 47.0 Å². The molecule has 2 aliphatic rings. The smallest absolute Gasteiger partial charge is 0.00946 e. The summed E-state index contributed by atoms with van der Waals surface area (Å²) in [6, 6.07) is 0. The van der Waals surface area contributed by atoms with Crippen molar-refractivity contribution in [1.82, 2.24) is 0 Å². The molecule has 0 aliphatic heterocycles. The molecule has 0 nitrogen and oxygen atoms in total. The van der Waals surface area contributed by atoms with Crippen LogP contribution < -0.4 is 0 Å². The maximum absolute atomic E-state index is 2.33. The van der Waals surface area contributed by atoms with E-state index in [2.05, 4.69) is 36.5 Å². The highest BCUT2D eigenvalue weighted by molar-refractivity contribution is 5.41. The number of allylic oxidation sites excluding steroid dienone is 8. The highest BCUT2D eigenvalue weighted by atomic mass is 14.1. The van der Waals surface area contributed by atoms with Gasteiger partial charge in [-0.05, 0) is 30.4 Å². The van der Waals surface area contributed by atoms with Gasteiger partial charge in [0.2, 0.25) is 0 Å². The zero-order chi connectivity index (χ0) is 11.5. The average molecular weight is 204 g/mol. The largest absolute Gasteiger partial charge is 0.0838 e. The van der Waals surface area contributed by atoms with Gasteiger partial charge in [0.25, 0.3) is 0 Å². The third-order valence-corrected chi connectivity index (χ3v) is 2.19. The molecule has 0 aromatic heterocycles. The van der Waals surface area contributed by atoms with Crippen molar-refractivity contribution in [1.29, 1.82) is 0 Å². The van der Waals surface area contributed by atoms with E-state index in [9.17, 15) is 0 Å². The van der Waals surface area contributed by atoms with Gasteiger partial charge in [0, 0.05) is 0 Å². The van der Waals surface area contributed by atoms with Crippen molar-refractivity contribution in [3.63, 3.8) is 0 Å². The van der Waals surface area contributed by atoms with Crippen LogP contribution in [0.15, 0.2) is 47.6 Å². The Morgan fingerprint density at radius 2 is 1.40 bits per heavy atom. The maximum atomic E-state index is 2.33. The highest BCUT2D eigenvalue weighted by Gasteiger charge is 2.06. The average Bonchev–Trinajstić information content (AvgIpc) is 2.59. The molecular weight excluding hydrogens is 180 g/mol. The molecule has 84 valence electrons. The lowest BCUT2D eigenvalue weighted by Gasteiger charge is -2.11. The summed E-state index contributed by atoms with van der Waals surface area (Å²) in [7, 11) is 0. The van der Waals surface area contributed by atoms with Crippen molar-refractivity contribution in [3.8, 4) is 0 Å². The van der Waals surface area contributed by atoms with Crippen LogP contribution in [-0.2, 0) is 0 Å². The van der Waals surface area contributed by atoms with Crippen LogP contribution in [0.4, 0.5) is 0 Å². The number of hydrogen-bond donors (Lipinski definition) is 0. The van der Waals surface area contributed by atoms with E-state index in [4.69, 9.17) is 0 Å². The Morgan fingerprint density at radius 1 is 0.800 bits per heavy atom. The predicted octanol–water partition coefficient (Wildman–Crippen LogP) is 5.20. The third kappa shape index (κ3) is 4.83. The molecule has 0 radical (unpaired) electrons. The summed E-state index contributed by atoms with van der Waals surface area (Å²) in [5.74, 6) is 0. The summed E-state index contributed by atoms with van der Waals surface area (Å²) >= 11 is 0. The van der Waals surface area contributed by atoms with Gasteiger partial charge in [-0.2, -0.15) is 0 Å². The molecule has 0 fully saturated rings. The molecule has 0 amide bonds. The maximum Gasteiger partial charge on any atom is -0.00946 e. The van der Waals surface area contributed by atoms with Gasteiger partial charge in [-0.1, -0.05) is 64.2 Å². The normalized spacial score (nSPS) is 16.8. The second kappa shape index (κ2) is 9.51. The molecule has 0 N–H and O–H groups in total. The fourth-order valence-electron chi connectivity index (χ4n) is 1.55. The lowest BCUT2D eigenvalue weighted by atomic mass is 9.94. The van der Waals surface area contributed by atoms with Crippen molar-refractivity contribution < 1.29 is 0 Å². The zero-order valence-electron chi connectivity index (χ0n) is 10.6. The van der Waals surface area contributed by atoms with Crippen LogP contribution in [0.2, 0.25) is 0 Å². The summed E-state index contributed by atoms with van der Waals surface area (Å²) in [5.41, 5.74) is 3.03. The van der Waals surface area contributed by atoms with Gasteiger partial charge in [0.05, 0.1) is 0 Å². The Morgan fingerprint density at radius 3 is 2.07 bits per heavy atom. The molecular formula is C15H24. The van der Waals surface area contributed by atoms with Crippen molar-refractivity contribution in [2.75, 3.05) is 0 Å². The van der Waals surface area contributed by atoms with E-state index in [0.717, 1.165) is 19.3 Å². The summed E-state index contributed by atoms with van der Waals surface area (Å²) in [6.07, 6.45) is 16.8. The quantitative estimate of drug-likeness (QED) is 0.476. The van der Waals surface area contributed by atoms with Gasteiger partial charge in [0.15, 0.2) is 0 Å². The van der Waals surface area contributed by atoms with Crippen molar-refractivity contribution in [2.24, 2.45) is 0 Å². The number of rotatable bonds is 0. The molecule has 0 saturated carbocycles. The molecule has 0 aromatic rings. The van der Waals surface area contributed by atoms with Crippen LogP contribution in [0.5, 0.6) is 0 Å². The van der Waals surface area contributed by atoms with E-state index in [0.29, 0.717) is 0 Å². The van der Waals surface area contributed by atoms with Crippen molar-refractivity contribution in [3.05, 3.63) is 47.6 Å². The van der Waals surface area contributed by atoms with E-state index in [1.807, 2.05) is 27.7 Å². The molecule has 2 rings (SSSR count). The second-order valence-electron chi connectivity index (χ2n) is 2.96. The van der Waals surface area contributed by atoms with Gasteiger partial charge in [0.1, 0.15) is 0 Å². The monoisotopic (exact) mass is 204 g/mol. The van der Waals surface area contributed by atoms with Crippen LogP contribution in [-0.4, -0.2) is 0 Å². The fraction of sp³-hybridized carbons (Fsp3) is 0.467. The topological polar surface area (TPSA) is 0 Å². The van der Waals surface area contributed by atoms with Crippen LogP contribution >= 0.6 is 0 Å². The Kier molecular flexibility index (Phi) is 8.85. The Bertz CT molecular complexity index is 262. The Labute approximate surface area is 95.1 Å². The lowest BCUT2D eigenvalue weighted by molar-refractivity contribution is 1.07. The molecule has 0 aromatic carbocycles. The molecule has 0 bridgehead atoms. The number of fused-ring (bicyclic) bond motifs is 1. The molecule has 15 heavy (non-hydrogen) atoms. The van der Waals surface area contributed by atoms with E-state index >= 15 is 0 Å². The Hall–Kier alpha value is -1.04. The first kappa shape index (κ1) is 14.0. The summed E-state index contributed by atoms with van der Waals surface area (Å²) in [5, 5.41) is 0. The van der Waals surface area contributed by atoms with Gasteiger partial charge >= 0.3 is 0 Å². The first-order chi connectivity index (χ1) is 7.47. The summed E-state index contributed by atoms with van der Waals surface area (Å²) in [4.78, 5) is 0. The van der Waals surface area contributed by atoms with E-state index in [1.165, 1.54) is 11.1 Å². The highest BCUT2D eigenvalue weighted by Crippen LogP contribution is 2.25. The van der Waals surface area contributed by atoms with E-state index in [1.54, 1.807) is 0 Å². The summed E-state index contributed by atoms with van der Waals surface area (Å²) < 4.78 is 0. The molecule has 0 unspecified atom stereocenters. The lowest BCUT2D eigenvalue weighted by Crippen LogP contribution is -1.91. The van der Waals surface area contributed by atoms with Gasteiger partial charge in [-0.3, -0.25) is 0 Å². The van der Waals surface area contributed by atoms with Crippen LogP contribution in [0, 0.1) is 0 Å². The van der Waals surface area contributed by atoms with Crippen molar-refractivity contribution in [2.45, 2.75) is 47.0 Å². The van der Waals surface area contributed by atoms with Crippen molar-refractivity contribution >= 4 is 0 Å². The molecule has 0 heteroatoms. The third-order valence-electron chi connectivity index (χ3n) is 2.19. The van der Waals surface area contributed by atoms with Gasteiger partial charge in [-0.25, -0.2) is 0 Å². The fourth-order valence-corrected chi connectivity index (χ4v) is 1.55.